The summed E-state index contributed by atoms with van der Waals surface area (Å²) in [7, 11) is 0. The molecule has 0 aliphatic heterocycles. The number of fused-ring (bicyclic) bond motifs is 1. The number of rotatable bonds is 0. The molecule has 0 atom stereocenters. The summed E-state index contributed by atoms with van der Waals surface area (Å²) in [6.45, 7) is 2.02. The molecule has 1 heterocycles. The number of H-pyrrole nitrogens is 1. The zero-order valence-electron chi connectivity index (χ0n) is 6.16. The van der Waals surface area contributed by atoms with E-state index in [1.807, 2.05) is 25.1 Å². The first kappa shape index (κ1) is 8.08. The second-order valence-electron chi connectivity index (χ2n) is 2.37. The summed E-state index contributed by atoms with van der Waals surface area (Å²) in [6.07, 6.45) is 0. The van der Waals surface area contributed by atoms with Crippen molar-refractivity contribution in [1.82, 2.24) is 10.2 Å². The molecular formula is C8H9ClN2. The highest BCUT2D eigenvalue weighted by atomic mass is 35.5. The number of benzene rings is 1. The van der Waals surface area contributed by atoms with E-state index < -0.39 is 0 Å². The van der Waals surface area contributed by atoms with Crippen molar-refractivity contribution in [3.8, 4) is 0 Å². The SMILES string of the molecule is Cc1[nH]nc2ccccc12.Cl. The normalized spacial score (nSPS) is 9.55. The van der Waals surface area contributed by atoms with Gasteiger partial charge in [0.05, 0.1) is 5.52 Å². The van der Waals surface area contributed by atoms with E-state index in [0.29, 0.717) is 0 Å². The van der Waals surface area contributed by atoms with Crippen LogP contribution in [0.5, 0.6) is 0 Å². The van der Waals surface area contributed by atoms with Gasteiger partial charge in [0.15, 0.2) is 0 Å². The molecular weight excluding hydrogens is 160 g/mol. The lowest BCUT2D eigenvalue weighted by Crippen LogP contribution is -1.67. The Balaban J connectivity index is 0.000000605. The summed E-state index contributed by atoms with van der Waals surface area (Å²) in [5.41, 5.74) is 2.18. The maximum absolute atomic E-state index is 4.09. The molecule has 0 aliphatic rings. The highest BCUT2D eigenvalue weighted by Gasteiger charge is 1.96. The molecule has 0 aliphatic carbocycles. The van der Waals surface area contributed by atoms with E-state index in [0.717, 1.165) is 11.2 Å². The summed E-state index contributed by atoms with van der Waals surface area (Å²) >= 11 is 0. The number of hydrogen-bond acceptors (Lipinski definition) is 1. The van der Waals surface area contributed by atoms with E-state index >= 15 is 0 Å². The lowest BCUT2D eigenvalue weighted by atomic mass is 10.2. The Bertz CT molecular complexity index is 354. The molecule has 0 bridgehead atoms. The van der Waals surface area contributed by atoms with Crippen LogP contribution in [0, 0.1) is 6.92 Å². The summed E-state index contributed by atoms with van der Waals surface area (Å²) in [6, 6.07) is 8.07. The average Bonchev–Trinajstić information content (AvgIpc) is 2.34. The van der Waals surface area contributed by atoms with Gasteiger partial charge in [0.2, 0.25) is 0 Å². The molecule has 58 valence electrons. The third-order valence-electron chi connectivity index (χ3n) is 1.65. The van der Waals surface area contributed by atoms with E-state index in [4.69, 9.17) is 0 Å². The van der Waals surface area contributed by atoms with Crippen LogP contribution in [0.15, 0.2) is 24.3 Å². The van der Waals surface area contributed by atoms with Gasteiger partial charge in [-0.05, 0) is 13.0 Å². The fourth-order valence-corrected chi connectivity index (χ4v) is 1.09. The number of nitrogens with zero attached hydrogens (tertiary/aromatic N) is 1. The van der Waals surface area contributed by atoms with Gasteiger partial charge < -0.3 is 0 Å². The number of nitrogens with one attached hydrogen (secondary N) is 1. The van der Waals surface area contributed by atoms with Crippen LogP contribution in [-0.2, 0) is 0 Å². The predicted molar refractivity (Wildman–Crippen MR) is 48.1 cm³/mol. The largest absolute Gasteiger partial charge is 0.282 e. The number of aromatic nitrogens is 2. The second kappa shape index (κ2) is 2.93. The topological polar surface area (TPSA) is 28.7 Å². The van der Waals surface area contributed by atoms with E-state index in [9.17, 15) is 0 Å². The molecule has 1 aromatic carbocycles. The molecule has 0 radical (unpaired) electrons. The Morgan fingerprint density at radius 2 is 2.00 bits per heavy atom. The molecule has 2 nitrogen and oxygen atoms in total. The van der Waals surface area contributed by atoms with Crippen LogP contribution in [0.2, 0.25) is 0 Å². The highest BCUT2D eigenvalue weighted by Crippen LogP contribution is 2.12. The molecule has 0 unspecified atom stereocenters. The van der Waals surface area contributed by atoms with E-state index in [2.05, 4.69) is 16.3 Å². The standard InChI is InChI=1S/C8H8N2.ClH/c1-6-7-4-2-3-5-8(7)10-9-6;/h2-5H,1H3,(H,9,10);1H. The second-order valence-corrected chi connectivity index (χ2v) is 2.37. The van der Waals surface area contributed by atoms with E-state index in [1.54, 1.807) is 0 Å². The minimum Gasteiger partial charge on any atom is -0.282 e. The van der Waals surface area contributed by atoms with E-state index in [-0.39, 0.29) is 12.4 Å². The third kappa shape index (κ3) is 1.21. The fraction of sp³-hybridized carbons (Fsp3) is 0.125. The minimum atomic E-state index is 0. The Labute approximate surface area is 71.0 Å². The third-order valence-corrected chi connectivity index (χ3v) is 1.65. The molecule has 1 N–H and O–H groups in total. The van der Waals surface area contributed by atoms with Crippen LogP contribution in [-0.4, -0.2) is 10.2 Å². The summed E-state index contributed by atoms with van der Waals surface area (Å²) < 4.78 is 0. The first-order valence-electron chi connectivity index (χ1n) is 3.27. The fourth-order valence-electron chi connectivity index (χ4n) is 1.09. The zero-order chi connectivity index (χ0) is 6.97. The maximum Gasteiger partial charge on any atom is 0.0923 e. The van der Waals surface area contributed by atoms with E-state index in [1.165, 1.54) is 5.39 Å². The molecule has 0 saturated carbocycles. The predicted octanol–water partition coefficient (Wildman–Crippen LogP) is 2.29. The van der Waals surface area contributed by atoms with Gasteiger partial charge in [0.25, 0.3) is 0 Å². The number of aryl methyl sites for hydroxylation is 1. The molecule has 0 fully saturated rings. The van der Waals surface area contributed by atoms with Gasteiger partial charge in [0.1, 0.15) is 0 Å². The van der Waals surface area contributed by atoms with Crippen LogP contribution in [0.4, 0.5) is 0 Å². The number of hydrogen-bond donors (Lipinski definition) is 1. The summed E-state index contributed by atoms with van der Waals surface area (Å²) in [5, 5.41) is 8.23. The van der Waals surface area contributed by atoms with Gasteiger partial charge in [-0.1, -0.05) is 18.2 Å². The van der Waals surface area contributed by atoms with Gasteiger partial charge in [-0.3, -0.25) is 5.10 Å². The average molecular weight is 169 g/mol. The Kier molecular flexibility index (Phi) is 2.15. The molecule has 0 spiro atoms. The maximum atomic E-state index is 4.09. The first-order valence-corrected chi connectivity index (χ1v) is 3.27. The number of aromatic amines is 1. The molecule has 2 aromatic rings. The van der Waals surface area contributed by atoms with Crippen molar-refractivity contribution in [2.24, 2.45) is 0 Å². The Morgan fingerprint density at radius 1 is 1.27 bits per heavy atom. The van der Waals surface area contributed by atoms with Crippen molar-refractivity contribution in [3.63, 3.8) is 0 Å². The van der Waals surface area contributed by atoms with Crippen LogP contribution in [0.25, 0.3) is 10.9 Å². The van der Waals surface area contributed by atoms with Crippen molar-refractivity contribution in [1.29, 1.82) is 0 Å². The van der Waals surface area contributed by atoms with Crippen molar-refractivity contribution in [3.05, 3.63) is 30.0 Å². The van der Waals surface area contributed by atoms with Crippen LogP contribution in [0.1, 0.15) is 5.69 Å². The van der Waals surface area contributed by atoms with Crippen molar-refractivity contribution in [2.45, 2.75) is 6.92 Å². The van der Waals surface area contributed by atoms with Gasteiger partial charge >= 0.3 is 0 Å². The molecule has 0 amide bonds. The monoisotopic (exact) mass is 168 g/mol. The molecule has 11 heavy (non-hydrogen) atoms. The van der Waals surface area contributed by atoms with Gasteiger partial charge in [0, 0.05) is 11.1 Å². The van der Waals surface area contributed by atoms with Crippen LogP contribution < -0.4 is 0 Å². The molecule has 3 heteroatoms. The Morgan fingerprint density at radius 3 is 2.73 bits per heavy atom. The molecule has 1 aromatic heterocycles. The number of halogens is 1. The van der Waals surface area contributed by atoms with Crippen molar-refractivity contribution < 1.29 is 0 Å². The lowest BCUT2D eigenvalue weighted by molar-refractivity contribution is 1.07. The summed E-state index contributed by atoms with van der Waals surface area (Å²) in [4.78, 5) is 0. The van der Waals surface area contributed by atoms with Gasteiger partial charge in [-0.2, -0.15) is 5.10 Å². The van der Waals surface area contributed by atoms with Crippen LogP contribution in [0.3, 0.4) is 0 Å². The van der Waals surface area contributed by atoms with Gasteiger partial charge in [-0.15, -0.1) is 12.4 Å². The zero-order valence-corrected chi connectivity index (χ0v) is 6.98. The first-order chi connectivity index (χ1) is 4.88. The number of para-hydroxylation sites is 1. The molecule has 0 saturated heterocycles. The quantitative estimate of drug-likeness (QED) is 0.643. The summed E-state index contributed by atoms with van der Waals surface area (Å²) in [5.74, 6) is 0. The van der Waals surface area contributed by atoms with Crippen LogP contribution >= 0.6 is 12.4 Å². The molecule has 2 rings (SSSR count). The van der Waals surface area contributed by atoms with Crippen molar-refractivity contribution >= 4 is 23.3 Å². The lowest BCUT2D eigenvalue weighted by Gasteiger charge is -1.84. The van der Waals surface area contributed by atoms with Gasteiger partial charge in [-0.25, -0.2) is 0 Å². The highest BCUT2D eigenvalue weighted by molar-refractivity contribution is 5.85. The minimum absolute atomic E-state index is 0. The smallest absolute Gasteiger partial charge is 0.0923 e. The Hall–Kier alpha value is -1.02. The van der Waals surface area contributed by atoms with Crippen molar-refractivity contribution in [2.75, 3.05) is 0 Å².